The molecule has 0 spiro atoms. The van der Waals surface area contributed by atoms with E-state index in [0.29, 0.717) is 24.0 Å². The Labute approximate surface area is 297 Å². The molecule has 0 saturated carbocycles. The van der Waals surface area contributed by atoms with Crippen LogP contribution in [0.25, 0.3) is 45.1 Å². The number of aromatic amines is 4. The van der Waals surface area contributed by atoms with Gasteiger partial charge in [0.1, 0.15) is 21.4 Å². The Morgan fingerprint density at radius 3 is 1.37 bits per heavy atom. The van der Waals surface area contributed by atoms with Crippen molar-refractivity contribution in [2.45, 2.75) is 64.5 Å². The first-order valence-electron chi connectivity index (χ1n) is 17.5. The Hall–Kier alpha value is -6.16. The molecule has 10 heteroatoms. The summed E-state index contributed by atoms with van der Waals surface area (Å²) in [5.41, 5.74) is 4.06. The van der Waals surface area contributed by atoms with Crippen LogP contribution < -0.4 is 43.6 Å². The summed E-state index contributed by atoms with van der Waals surface area (Å²) in [5.74, 6) is 0. The van der Waals surface area contributed by atoms with Crippen molar-refractivity contribution in [3.63, 3.8) is 0 Å². The highest BCUT2D eigenvalue weighted by Gasteiger charge is 2.28. The fraction of sp³-hybridized carbons (Fsp3) is 0.238. The number of nitrogens with one attached hydrogen (secondary N) is 4. The lowest BCUT2D eigenvalue weighted by Crippen LogP contribution is -2.53. The first kappa shape index (κ1) is 33.0. The molecule has 0 bridgehead atoms. The zero-order valence-electron chi connectivity index (χ0n) is 29.7. The van der Waals surface area contributed by atoms with E-state index in [1.165, 1.54) is 9.13 Å². The van der Waals surface area contributed by atoms with Crippen molar-refractivity contribution in [3.05, 3.63) is 159 Å². The molecule has 0 amide bonds. The highest BCUT2D eigenvalue weighted by Crippen LogP contribution is 2.34. The van der Waals surface area contributed by atoms with Crippen LogP contribution in [0.1, 0.15) is 63.1 Å². The zero-order valence-corrected chi connectivity index (χ0v) is 29.7. The van der Waals surface area contributed by atoms with Gasteiger partial charge in [-0.1, -0.05) is 76.2 Å². The molecule has 0 atom stereocenters. The third kappa shape index (κ3) is 4.92. The molecule has 4 aromatic heterocycles. The van der Waals surface area contributed by atoms with Crippen LogP contribution in [0.2, 0.25) is 0 Å². The highest BCUT2D eigenvalue weighted by atomic mass is 16.2. The summed E-state index contributed by atoms with van der Waals surface area (Å²) in [5, 5.41) is 2.65. The SMILES string of the molecule is C=CC(C)(C)c1[nH]c2ccccc2c1/C=c1\[nH]c(=O)c2n(c1=O)CCC=2C1=c2c(=O)[nH]/c(=C\c3c(C(C)(C)C=C)[nH]c4ccccc34)c(=O)n2CC1. The normalized spacial score (nSPS) is 15.2. The van der Waals surface area contributed by atoms with Gasteiger partial charge < -0.3 is 29.1 Å². The lowest BCUT2D eigenvalue weighted by Gasteiger charge is -2.19. The van der Waals surface area contributed by atoms with E-state index in [1.807, 2.05) is 88.4 Å². The van der Waals surface area contributed by atoms with Crippen molar-refractivity contribution in [1.29, 1.82) is 0 Å². The second-order valence-electron chi connectivity index (χ2n) is 14.9. The number of rotatable bonds is 7. The Kier molecular flexibility index (Phi) is 7.42. The third-order valence-corrected chi connectivity index (χ3v) is 10.9. The first-order valence-corrected chi connectivity index (χ1v) is 17.5. The molecule has 2 aliphatic heterocycles. The molecule has 10 nitrogen and oxygen atoms in total. The number of aromatic nitrogens is 6. The fourth-order valence-electron chi connectivity index (χ4n) is 7.84. The number of hydrogen-bond donors (Lipinski definition) is 4. The molecule has 0 radical (unpaired) electrons. The van der Waals surface area contributed by atoms with Gasteiger partial charge in [0.05, 0.1) is 0 Å². The fourth-order valence-corrected chi connectivity index (χ4v) is 7.84. The quantitative estimate of drug-likeness (QED) is 0.191. The van der Waals surface area contributed by atoms with Gasteiger partial charge >= 0.3 is 0 Å². The Morgan fingerprint density at radius 1 is 0.596 bits per heavy atom. The van der Waals surface area contributed by atoms with E-state index >= 15 is 0 Å². The maximum absolute atomic E-state index is 14.0. The van der Waals surface area contributed by atoms with E-state index in [9.17, 15) is 19.2 Å². The summed E-state index contributed by atoms with van der Waals surface area (Å²) in [7, 11) is 0. The molecule has 0 aliphatic carbocycles. The second kappa shape index (κ2) is 11.7. The Morgan fingerprint density at radius 2 is 0.981 bits per heavy atom. The van der Waals surface area contributed by atoms with Gasteiger partial charge in [0.2, 0.25) is 0 Å². The lowest BCUT2D eigenvalue weighted by molar-refractivity contribution is 0.650. The van der Waals surface area contributed by atoms with Gasteiger partial charge in [0.15, 0.2) is 0 Å². The van der Waals surface area contributed by atoms with E-state index in [0.717, 1.165) is 44.3 Å². The number of hydrogen-bond acceptors (Lipinski definition) is 4. The van der Waals surface area contributed by atoms with Gasteiger partial charge in [-0.05, 0) is 48.3 Å². The number of H-pyrrole nitrogens is 4. The molecule has 6 heterocycles. The van der Waals surface area contributed by atoms with Crippen LogP contribution in [0, 0.1) is 0 Å². The predicted octanol–water partition coefficient (Wildman–Crippen LogP) is 2.74. The van der Waals surface area contributed by atoms with Crippen LogP contribution in [-0.2, 0) is 23.9 Å². The van der Waals surface area contributed by atoms with Gasteiger partial charge in [-0.15, -0.1) is 13.2 Å². The van der Waals surface area contributed by atoms with Crippen LogP contribution in [0.4, 0.5) is 0 Å². The average molecular weight is 693 g/mol. The number of fused-ring (bicyclic) bond motifs is 4. The topological polar surface area (TPSA) is 141 Å². The van der Waals surface area contributed by atoms with Crippen LogP contribution >= 0.6 is 0 Å². The molecule has 0 saturated heterocycles. The van der Waals surface area contributed by atoms with Crippen LogP contribution in [-0.4, -0.2) is 29.1 Å². The van der Waals surface area contributed by atoms with Crippen molar-refractivity contribution in [1.82, 2.24) is 29.1 Å². The monoisotopic (exact) mass is 692 g/mol. The molecule has 52 heavy (non-hydrogen) atoms. The van der Waals surface area contributed by atoms with E-state index in [-0.39, 0.29) is 45.6 Å². The predicted molar refractivity (Wildman–Crippen MR) is 207 cm³/mol. The van der Waals surface area contributed by atoms with E-state index in [2.05, 4.69) is 33.1 Å². The van der Waals surface area contributed by atoms with Gasteiger partial charge in [-0.3, -0.25) is 19.2 Å². The first-order chi connectivity index (χ1) is 24.8. The number of para-hydroxylation sites is 2. The van der Waals surface area contributed by atoms with E-state index in [1.54, 1.807) is 12.2 Å². The molecule has 2 aliphatic rings. The maximum Gasteiger partial charge on any atom is 0.274 e. The molecule has 8 rings (SSSR count). The summed E-state index contributed by atoms with van der Waals surface area (Å²) in [6.07, 6.45) is 7.95. The summed E-state index contributed by atoms with van der Waals surface area (Å²) >= 11 is 0. The molecule has 0 unspecified atom stereocenters. The standard InChI is InChI=1S/C42H40N6O4/c1-7-41(3,4)35-27(23-13-9-11-15-29(23)43-35)21-31-39(51)47-19-17-25(33(47)37(49)45-31)26-18-20-48-34(26)38(50)46-32(40(48)52)22-28-24-14-10-12-16-30(24)44-36(28)42(5,6)8-2/h7-16,21-22,43-44H,1-2,17-20H2,3-6H3,(H,45,49)(H,46,50)/b31-21-,32-22-. The van der Waals surface area contributed by atoms with Crippen molar-refractivity contribution in [2.75, 3.05) is 0 Å². The molecule has 6 aromatic rings. The summed E-state index contributed by atoms with van der Waals surface area (Å²) < 4.78 is 2.99. The smallest absolute Gasteiger partial charge is 0.274 e. The minimum absolute atomic E-state index is 0.170. The van der Waals surface area contributed by atoms with Crippen molar-refractivity contribution in [2.24, 2.45) is 0 Å². The van der Waals surface area contributed by atoms with Crippen molar-refractivity contribution < 1.29 is 0 Å². The maximum atomic E-state index is 14.0. The van der Waals surface area contributed by atoms with Crippen LogP contribution in [0.15, 0.2) is 93.0 Å². The minimum Gasteiger partial charge on any atom is -0.357 e. The third-order valence-electron chi connectivity index (χ3n) is 10.9. The Balaban J connectivity index is 1.33. The molecule has 4 N–H and O–H groups in total. The molecular formula is C42H40N6O4. The average Bonchev–Trinajstić information content (AvgIpc) is 3.93. The lowest BCUT2D eigenvalue weighted by atomic mass is 9.86. The van der Waals surface area contributed by atoms with E-state index in [4.69, 9.17) is 0 Å². The van der Waals surface area contributed by atoms with Gasteiger partial charge in [-0.2, -0.15) is 0 Å². The molecule has 0 fully saturated rings. The van der Waals surface area contributed by atoms with Crippen molar-refractivity contribution in [3.8, 4) is 0 Å². The van der Waals surface area contributed by atoms with Gasteiger partial charge in [-0.25, -0.2) is 0 Å². The van der Waals surface area contributed by atoms with Crippen LogP contribution in [0.3, 0.4) is 0 Å². The molecular weight excluding hydrogens is 652 g/mol. The summed E-state index contributed by atoms with van der Waals surface area (Å²) in [6, 6.07) is 15.7. The van der Waals surface area contributed by atoms with Gasteiger partial charge in [0.25, 0.3) is 22.2 Å². The van der Waals surface area contributed by atoms with Crippen LogP contribution in [0.5, 0.6) is 0 Å². The summed E-state index contributed by atoms with van der Waals surface area (Å²) in [4.78, 5) is 68.4. The minimum atomic E-state index is -0.436. The van der Waals surface area contributed by atoms with Crippen molar-refractivity contribution >= 4 is 45.1 Å². The zero-order chi connectivity index (χ0) is 36.7. The molecule has 2 aromatic carbocycles. The summed E-state index contributed by atoms with van der Waals surface area (Å²) in [6.45, 7) is 16.7. The number of allylic oxidation sites excluding steroid dienone is 2. The molecule has 262 valence electrons. The largest absolute Gasteiger partial charge is 0.357 e. The highest BCUT2D eigenvalue weighted by molar-refractivity contribution is 5.92. The van der Waals surface area contributed by atoms with Gasteiger partial charge in [0, 0.05) is 68.2 Å². The Bertz CT molecular complexity index is 2840. The second-order valence-corrected chi connectivity index (χ2v) is 14.9. The number of benzene rings is 2. The van der Waals surface area contributed by atoms with E-state index < -0.39 is 21.9 Å². The number of nitrogens with zero attached hydrogens (tertiary/aromatic N) is 2.